The number of aromatic nitrogens is 2. The van der Waals surface area contributed by atoms with Crippen LogP contribution >= 0.6 is 0 Å². The SMILES string of the molecule is CC1(C)C(c2nc3ccccc3n2CCC(=O)O)C1(C)C. The van der Waals surface area contributed by atoms with Crippen LogP contribution in [-0.2, 0) is 11.3 Å². The molecule has 0 aliphatic heterocycles. The normalized spacial score (nSPS) is 19.8. The molecule has 0 atom stereocenters. The molecule has 112 valence electrons. The zero-order chi connectivity index (χ0) is 15.4. The highest BCUT2D eigenvalue weighted by atomic mass is 16.4. The number of rotatable bonds is 4. The molecule has 4 nitrogen and oxygen atoms in total. The zero-order valence-corrected chi connectivity index (χ0v) is 13.1. The van der Waals surface area contributed by atoms with Gasteiger partial charge >= 0.3 is 5.97 Å². The first-order chi connectivity index (χ1) is 9.76. The molecule has 1 fully saturated rings. The second-order valence-corrected chi connectivity index (χ2v) is 7.13. The minimum atomic E-state index is -0.770. The van der Waals surface area contributed by atoms with Crippen LogP contribution in [0.4, 0.5) is 0 Å². The third-order valence-corrected chi connectivity index (χ3v) is 5.51. The Morgan fingerprint density at radius 3 is 2.43 bits per heavy atom. The van der Waals surface area contributed by atoms with Gasteiger partial charge in [-0.15, -0.1) is 0 Å². The van der Waals surface area contributed by atoms with Gasteiger partial charge in [-0.2, -0.15) is 0 Å². The number of fused-ring (bicyclic) bond motifs is 1. The van der Waals surface area contributed by atoms with E-state index >= 15 is 0 Å². The number of hydrogen-bond acceptors (Lipinski definition) is 2. The van der Waals surface area contributed by atoms with Gasteiger partial charge in [-0.25, -0.2) is 4.98 Å². The summed E-state index contributed by atoms with van der Waals surface area (Å²) in [6.07, 6.45) is 0.126. The lowest BCUT2D eigenvalue weighted by Gasteiger charge is -2.09. The number of imidazole rings is 1. The number of carboxylic acid groups (broad SMARTS) is 1. The van der Waals surface area contributed by atoms with Crippen molar-refractivity contribution in [1.82, 2.24) is 9.55 Å². The van der Waals surface area contributed by atoms with Gasteiger partial charge in [-0.3, -0.25) is 4.79 Å². The third kappa shape index (κ3) is 1.96. The number of aryl methyl sites for hydroxylation is 1. The first-order valence-electron chi connectivity index (χ1n) is 7.44. The Kier molecular flexibility index (Phi) is 2.91. The van der Waals surface area contributed by atoms with Crippen LogP contribution in [0.1, 0.15) is 45.9 Å². The summed E-state index contributed by atoms with van der Waals surface area (Å²) in [5.41, 5.74) is 2.37. The Balaban J connectivity index is 2.10. The summed E-state index contributed by atoms with van der Waals surface area (Å²) in [6.45, 7) is 9.53. The molecule has 0 bridgehead atoms. The van der Waals surface area contributed by atoms with E-state index in [1.54, 1.807) is 0 Å². The molecule has 4 heteroatoms. The maximum Gasteiger partial charge on any atom is 0.305 e. The van der Waals surface area contributed by atoms with E-state index in [1.807, 2.05) is 24.3 Å². The lowest BCUT2D eigenvalue weighted by atomic mass is 10.0. The molecule has 1 N–H and O–H groups in total. The first-order valence-corrected chi connectivity index (χ1v) is 7.44. The number of hydrogen-bond donors (Lipinski definition) is 1. The van der Waals surface area contributed by atoms with Crippen molar-refractivity contribution in [3.05, 3.63) is 30.1 Å². The van der Waals surface area contributed by atoms with Crippen LogP contribution in [0.25, 0.3) is 11.0 Å². The Morgan fingerprint density at radius 2 is 1.86 bits per heavy atom. The van der Waals surface area contributed by atoms with Gasteiger partial charge in [0.1, 0.15) is 5.82 Å². The van der Waals surface area contributed by atoms with E-state index in [1.165, 1.54) is 0 Å². The summed E-state index contributed by atoms with van der Waals surface area (Å²) in [5.74, 6) is 0.631. The molecular formula is C17H22N2O2. The van der Waals surface area contributed by atoms with Crippen molar-refractivity contribution in [2.24, 2.45) is 10.8 Å². The van der Waals surface area contributed by atoms with E-state index in [-0.39, 0.29) is 17.3 Å². The highest BCUT2D eigenvalue weighted by molar-refractivity contribution is 5.76. The van der Waals surface area contributed by atoms with E-state index in [0.29, 0.717) is 12.5 Å². The molecule has 3 rings (SSSR count). The Labute approximate surface area is 124 Å². The first kappa shape index (κ1) is 14.1. The van der Waals surface area contributed by atoms with Crippen molar-refractivity contribution >= 4 is 17.0 Å². The van der Waals surface area contributed by atoms with Gasteiger partial charge in [-0.05, 0) is 23.0 Å². The molecule has 1 aliphatic rings. The Hall–Kier alpha value is -1.84. The summed E-state index contributed by atoms with van der Waals surface area (Å²) in [6, 6.07) is 7.98. The summed E-state index contributed by atoms with van der Waals surface area (Å²) in [7, 11) is 0. The smallest absolute Gasteiger partial charge is 0.305 e. The third-order valence-electron chi connectivity index (χ3n) is 5.51. The molecule has 1 heterocycles. The summed E-state index contributed by atoms with van der Waals surface area (Å²) < 4.78 is 2.10. The standard InChI is InChI=1S/C17H22N2O2/c1-16(2)14(17(16,3)4)15-18-11-7-5-6-8-12(11)19(15)10-9-13(20)21/h5-8,14H,9-10H2,1-4H3,(H,20,21). The monoisotopic (exact) mass is 286 g/mol. The average Bonchev–Trinajstić information content (AvgIpc) is 2.69. The van der Waals surface area contributed by atoms with Gasteiger partial charge in [0.2, 0.25) is 0 Å². The minimum Gasteiger partial charge on any atom is -0.481 e. The van der Waals surface area contributed by atoms with Gasteiger partial charge < -0.3 is 9.67 Å². The van der Waals surface area contributed by atoms with Crippen LogP contribution < -0.4 is 0 Å². The van der Waals surface area contributed by atoms with Crippen molar-refractivity contribution in [1.29, 1.82) is 0 Å². The largest absolute Gasteiger partial charge is 0.481 e. The van der Waals surface area contributed by atoms with Crippen molar-refractivity contribution < 1.29 is 9.90 Å². The molecule has 1 saturated carbocycles. The van der Waals surface area contributed by atoms with Crippen LogP contribution in [0.2, 0.25) is 0 Å². The quantitative estimate of drug-likeness (QED) is 0.933. The molecule has 1 aliphatic carbocycles. The van der Waals surface area contributed by atoms with E-state index in [0.717, 1.165) is 16.9 Å². The van der Waals surface area contributed by atoms with Gasteiger partial charge in [0.05, 0.1) is 17.5 Å². The molecule has 0 saturated heterocycles. The molecular weight excluding hydrogens is 264 g/mol. The lowest BCUT2D eigenvalue weighted by molar-refractivity contribution is -0.137. The summed E-state index contributed by atoms with van der Waals surface area (Å²) in [4.78, 5) is 15.8. The number of nitrogens with zero attached hydrogens (tertiary/aromatic N) is 2. The fourth-order valence-electron chi connectivity index (χ4n) is 3.60. The second-order valence-electron chi connectivity index (χ2n) is 7.13. The molecule has 2 aromatic rings. The number of aliphatic carboxylic acids is 1. The van der Waals surface area contributed by atoms with E-state index < -0.39 is 5.97 Å². The van der Waals surface area contributed by atoms with Crippen LogP contribution in [0, 0.1) is 10.8 Å². The van der Waals surface area contributed by atoms with Crippen molar-refractivity contribution in [3.63, 3.8) is 0 Å². The zero-order valence-electron chi connectivity index (χ0n) is 13.1. The van der Waals surface area contributed by atoms with Gasteiger partial charge in [0, 0.05) is 12.5 Å². The van der Waals surface area contributed by atoms with Crippen LogP contribution in [0.15, 0.2) is 24.3 Å². The number of benzene rings is 1. The molecule has 1 aromatic carbocycles. The summed E-state index contributed by atoms with van der Waals surface area (Å²) in [5, 5.41) is 9.00. The van der Waals surface area contributed by atoms with Crippen LogP contribution in [0.3, 0.4) is 0 Å². The Bertz CT molecular complexity index is 699. The highest BCUT2D eigenvalue weighted by Gasteiger charge is 2.67. The predicted octanol–water partition coefficient (Wildman–Crippen LogP) is 3.66. The van der Waals surface area contributed by atoms with E-state index in [4.69, 9.17) is 10.1 Å². The summed E-state index contributed by atoms with van der Waals surface area (Å²) >= 11 is 0. The average molecular weight is 286 g/mol. The molecule has 21 heavy (non-hydrogen) atoms. The molecule has 0 unspecified atom stereocenters. The highest BCUT2D eigenvalue weighted by Crippen LogP contribution is 2.73. The van der Waals surface area contributed by atoms with Gasteiger partial charge in [0.15, 0.2) is 0 Å². The topological polar surface area (TPSA) is 55.1 Å². The van der Waals surface area contributed by atoms with Crippen molar-refractivity contribution in [2.75, 3.05) is 0 Å². The minimum absolute atomic E-state index is 0.126. The predicted molar refractivity (Wildman–Crippen MR) is 82.3 cm³/mol. The molecule has 0 radical (unpaired) electrons. The number of carboxylic acids is 1. The van der Waals surface area contributed by atoms with Crippen LogP contribution in [0.5, 0.6) is 0 Å². The van der Waals surface area contributed by atoms with Crippen molar-refractivity contribution in [2.45, 2.75) is 46.6 Å². The maximum atomic E-state index is 10.9. The fourth-order valence-corrected chi connectivity index (χ4v) is 3.60. The fraction of sp³-hybridized carbons (Fsp3) is 0.529. The van der Waals surface area contributed by atoms with Crippen molar-refractivity contribution in [3.8, 4) is 0 Å². The van der Waals surface area contributed by atoms with Gasteiger partial charge in [-0.1, -0.05) is 39.8 Å². The number of para-hydroxylation sites is 2. The van der Waals surface area contributed by atoms with E-state index in [2.05, 4.69) is 32.3 Å². The van der Waals surface area contributed by atoms with E-state index in [9.17, 15) is 4.79 Å². The van der Waals surface area contributed by atoms with Crippen LogP contribution in [-0.4, -0.2) is 20.6 Å². The maximum absolute atomic E-state index is 10.9. The second kappa shape index (κ2) is 4.33. The molecule has 0 amide bonds. The molecule has 0 spiro atoms. The Morgan fingerprint density at radius 1 is 1.24 bits per heavy atom. The lowest BCUT2D eigenvalue weighted by Crippen LogP contribution is -2.09. The van der Waals surface area contributed by atoms with Gasteiger partial charge in [0.25, 0.3) is 0 Å². The number of carbonyl (C=O) groups is 1. The molecule has 1 aromatic heterocycles.